The van der Waals surface area contributed by atoms with Crippen LogP contribution < -0.4 is 0 Å². The number of ether oxygens (including phenoxy) is 1. The number of rotatable bonds is 13. The van der Waals surface area contributed by atoms with Crippen LogP contribution in [-0.4, -0.2) is 17.8 Å². The normalized spacial score (nSPS) is 12.8. The lowest BCUT2D eigenvalue weighted by atomic mass is 9.90. The van der Waals surface area contributed by atoms with E-state index in [4.69, 9.17) is 51.1 Å². The van der Waals surface area contributed by atoms with Gasteiger partial charge in [-0.1, -0.05) is 362 Å². The number of halogens is 6. The molecule has 1 heterocycles. The summed E-state index contributed by atoms with van der Waals surface area (Å²) in [5.41, 5.74) is 40.5. The van der Waals surface area contributed by atoms with Crippen molar-refractivity contribution >= 4 is 168 Å². The number of carbonyl (C=O) groups excluding carboxylic acids is 1. The van der Waals surface area contributed by atoms with E-state index < -0.39 is 0 Å². The van der Waals surface area contributed by atoms with Gasteiger partial charge < -0.3 is 4.74 Å². The van der Waals surface area contributed by atoms with Crippen LogP contribution in [0.5, 0.6) is 0 Å². The van der Waals surface area contributed by atoms with Crippen molar-refractivity contribution in [2.24, 2.45) is 20.5 Å². The number of azo groups is 2. The number of aryl methyl sites for hydroxylation is 5. The van der Waals surface area contributed by atoms with Crippen molar-refractivity contribution in [1.29, 1.82) is 0 Å². The SMILES string of the molecule is COC(=O)n1c(C)c(Br)c2cc(Br)ccc21.Cc1ccc(-c2cc3c(cc2-c2ccc(Cl)cc2)-c2ccccc2C3)cc1.Cc1ccc(C2=C(Sc3ccc(Cl)cc3)c3ccccc3C2)cc1.Cc1ccc(C2=C(Sc3ccc(Cl)cc3)c3ccccc3C2)cc1.Cc1ccc(C2=Cc3ccccc3C2)cc1.Cc1ccc(N=NC2=C(N=Nc3ccc(Cl)cc3)c3ccccc3C2)cc1. The maximum atomic E-state index is 11.7. The van der Waals surface area contributed by atoms with Crippen LogP contribution in [0, 0.1) is 41.5 Å². The lowest BCUT2D eigenvalue weighted by molar-refractivity contribution is 0.173. The van der Waals surface area contributed by atoms with Gasteiger partial charge in [-0.25, -0.2) is 9.36 Å². The number of fused-ring (bicyclic) bond motifs is 8. The Balaban J connectivity index is 0.000000113. The zero-order valence-electron chi connectivity index (χ0n) is 75.0. The van der Waals surface area contributed by atoms with Crippen molar-refractivity contribution in [3.05, 3.63) is 511 Å². The molecule has 0 fully saturated rings. The number of aromatic nitrogens is 1. The van der Waals surface area contributed by atoms with Gasteiger partial charge in [-0.3, -0.25) is 0 Å². The molecule has 15 heteroatoms. The molecule has 1 aromatic heterocycles. The molecule has 17 aromatic rings. The van der Waals surface area contributed by atoms with Crippen LogP contribution in [0.1, 0.15) is 106 Å². The fraction of sp³-hybridized carbons (Fsp3) is 0.101. The van der Waals surface area contributed by atoms with E-state index in [1.54, 1.807) is 16.7 Å². The average molecular weight is 1990 g/mol. The molecule has 16 aromatic carbocycles. The van der Waals surface area contributed by atoms with E-state index in [0.29, 0.717) is 11.4 Å². The van der Waals surface area contributed by atoms with Gasteiger partial charge in [0, 0.05) is 71.7 Å². The van der Waals surface area contributed by atoms with Gasteiger partial charge >= 0.3 is 6.09 Å². The second-order valence-electron chi connectivity index (χ2n) is 33.5. The van der Waals surface area contributed by atoms with Gasteiger partial charge in [-0.15, -0.1) is 5.11 Å². The van der Waals surface area contributed by atoms with Crippen LogP contribution in [-0.2, 0) is 36.8 Å². The molecule has 0 amide bonds. The summed E-state index contributed by atoms with van der Waals surface area (Å²) in [6.45, 7) is 12.4. The Morgan fingerprint density at radius 2 is 0.724 bits per heavy atom. The maximum absolute atomic E-state index is 11.7. The van der Waals surface area contributed by atoms with Gasteiger partial charge in [-0.05, 0) is 327 Å². The molecule has 134 heavy (non-hydrogen) atoms. The van der Waals surface area contributed by atoms with E-state index in [1.807, 2.05) is 147 Å². The number of carbonyl (C=O) groups is 1. The minimum Gasteiger partial charge on any atom is -0.452 e. The van der Waals surface area contributed by atoms with Gasteiger partial charge in [0.15, 0.2) is 0 Å². The van der Waals surface area contributed by atoms with Gasteiger partial charge in [0.05, 0.1) is 29.7 Å². The van der Waals surface area contributed by atoms with Crippen molar-refractivity contribution in [3.63, 3.8) is 0 Å². The Bertz CT molecular complexity index is 7240. The van der Waals surface area contributed by atoms with Crippen molar-refractivity contribution < 1.29 is 9.53 Å². The number of thioether (sulfide) groups is 2. The lowest BCUT2D eigenvalue weighted by Gasteiger charge is -2.14. The molecule has 5 aliphatic carbocycles. The fourth-order valence-corrected chi connectivity index (χ4v) is 20.5. The second-order valence-corrected chi connectivity index (χ2v) is 39.1. The monoisotopic (exact) mass is 1990 g/mol. The predicted octanol–water partition coefficient (Wildman–Crippen LogP) is 36.9. The van der Waals surface area contributed by atoms with Crippen molar-refractivity contribution in [3.8, 4) is 33.4 Å². The van der Waals surface area contributed by atoms with Crippen LogP contribution in [0.2, 0.25) is 20.1 Å². The fourth-order valence-electron chi connectivity index (χ4n) is 16.9. The Kier molecular flexibility index (Phi) is 30.1. The van der Waals surface area contributed by atoms with Crippen molar-refractivity contribution in [1.82, 2.24) is 4.57 Å². The molecule has 0 bridgehead atoms. The number of benzene rings is 16. The Labute approximate surface area is 830 Å². The summed E-state index contributed by atoms with van der Waals surface area (Å²) in [5, 5.41) is 21.7. The van der Waals surface area contributed by atoms with Gasteiger partial charge in [0.1, 0.15) is 5.70 Å². The Hall–Kier alpha value is -12.5. The molecule has 0 N–H and O–H groups in total. The van der Waals surface area contributed by atoms with Gasteiger partial charge in [0.25, 0.3) is 0 Å². The summed E-state index contributed by atoms with van der Waals surface area (Å²) in [5.74, 6) is 0. The summed E-state index contributed by atoms with van der Waals surface area (Å²) >= 11 is 34.7. The highest BCUT2D eigenvalue weighted by Gasteiger charge is 2.28. The molecule has 0 atom stereocenters. The third-order valence-corrected chi connectivity index (χ3v) is 28.9. The molecular weight excluding hydrogens is 1900 g/mol. The van der Waals surface area contributed by atoms with Crippen LogP contribution in [0.25, 0.3) is 82.6 Å². The topological polar surface area (TPSA) is 80.7 Å². The van der Waals surface area contributed by atoms with E-state index in [2.05, 4.69) is 335 Å². The number of hydrogen-bond donors (Lipinski definition) is 0. The molecule has 0 spiro atoms. The molecule has 22 rings (SSSR count). The van der Waals surface area contributed by atoms with E-state index in [9.17, 15) is 4.79 Å². The summed E-state index contributed by atoms with van der Waals surface area (Å²) in [6, 6.07) is 128. The van der Waals surface area contributed by atoms with Gasteiger partial charge in [0.2, 0.25) is 0 Å². The molecular formula is C119H93Br2Cl4N5O2S2. The van der Waals surface area contributed by atoms with Crippen molar-refractivity contribution in [2.75, 3.05) is 7.11 Å². The largest absolute Gasteiger partial charge is 0.452 e. The third kappa shape index (κ3) is 22.4. The van der Waals surface area contributed by atoms with Crippen LogP contribution >= 0.6 is 102 Å². The van der Waals surface area contributed by atoms with E-state index >= 15 is 0 Å². The highest BCUT2D eigenvalue weighted by Crippen LogP contribution is 2.51. The van der Waals surface area contributed by atoms with Crippen LogP contribution in [0.15, 0.2) is 415 Å². The van der Waals surface area contributed by atoms with E-state index in [1.165, 1.54) is 171 Å². The molecule has 0 saturated carbocycles. The molecule has 0 unspecified atom stereocenters. The van der Waals surface area contributed by atoms with Crippen LogP contribution in [0.3, 0.4) is 0 Å². The maximum Gasteiger partial charge on any atom is 0.418 e. The summed E-state index contributed by atoms with van der Waals surface area (Å²) in [6.07, 6.45) is 6.69. The smallest absolute Gasteiger partial charge is 0.418 e. The molecule has 5 aliphatic rings. The van der Waals surface area contributed by atoms with E-state index in [-0.39, 0.29) is 6.09 Å². The minimum atomic E-state index is -0.379. The zero-order chi connectivity index (χ0) is 92.9. The molecule has 0 aliphatic heterocycles. The quantitative estimate of drug-likeness (QED) is 0.108. The summed E-state index contributed by atoms with van der Waals surface area (Å²) < 4.78 is 8.19. The first-order valence-corrected chi connectivity index (χ1v) is 49.0. The first kappa shape index (κ1) is 93.3. The van der Waals surface area contributed by atoms with Gasteiger partial charge in [-0.2, -0.15) is 15.3 Å². The van der Waals surface area contributed by atoms with Crippen molar-refractivity contribution in [2.45, 2.75) is 83.4 Å². The first-order chi connectivity index (χ1) is 65.2. The summed E-state index contributed by atoms with van der Waals surface area (Å²) in [4.78, 5) is 16.8. The predicted molar refractivity (Wildman–Crippen MR) is 574 cm³/mol. The minimum absolute atomic E-state index is 0.379. The number of hydrogen-bond acceptors (Lipinski definition) is 8. The van der Waals surface area contributed by atoms with Crippen LogP contribution in [0.4, 0.5) is 16.2 Å². The number of allylic oxidation sites excluding steroid dienone is 4. The number of methoxy groups -OCH3 is 1. The third-order valence-electron chi connectivity index (χ3n) is 24.1. The standard InChI is InChI=1S/C26H19Cl.C22H17ClN4.2C22H17ClS.C16H14.C11H9Br2NO2/c1-17-6-8-18(9-7-17)24-15-21-14-20-4-2-3-5-23(20)26(21)16-25(24)19-10-12-22(27)13-11-19;1-15-6-10-18(11-7-15)24-26-21-14-16-4-2-3-5-20(16)22(21)27-25-19-12-8-17(23)9-13-19;2*1-15-6-8-16(9-7-15)21-14-17-4-2-3-5-20(17)22(21)24-19-12-10-18(23)11-13-19;1-12-6-8-13(9-7-12)16-10-14-4-2-3-5-15(14)11-16;1-6-10(13)8-5-7(12)3-4-9(8)14(6)11(15)16-2/h2-13,15-16H,14H2,1H3;2-13H,14H2,1H3;2*2-13H,14H2,1H3;2-10H,11H2,1H3;3-5H,1-2H3. The van der Waals surface area contributed by atoms with E-state index in [0.717, 1.165) is 94.6 Å². The molecule has 660 valence electrons. The molecule has 0 saturated heterocycles. The Morgan fingerprint density at radius 3 is 1.22 bits per heavy atom. The highest BCUT2D eigenvalue weighted by atomic mass is 79.9. The first-order valence-electron chi connectivity index (χ1n) is 44.3. The average Bonchev–Trinajstić information content (AvgIpc) is 1.59. The zero-order valence-corrected chi connectivity index (χ0v) is 82.8. The summed E-state index contributed by atoms with van der Waals surface area (Å²) in [7, 11) is 1.38. The molecule has 7 nitrogen and oxygen atoms in total. The highest BCUT2D eigenvalue weighted by molar-refractivity contribution is 9.11. The second kappa shape index (κ2) is 43.2. The lowest BCUT2D eigenvalue weighted by Crippen LogP contribution is -2.12. The molecule has 0 radical (unpaired) electrons. The number of nitrogens with zero attached hydrogens (tertiary/aromatic N) is 5. The Morgan fingerprint density at radius 1 is 0.336 bits per heavy atom.